The first-order chi connectivity index (χ1) is 10.6. The van der Waals surface area contributed by atoms with E-state index < -0.39 is 5.97 Å². The molecule has 0 radical (unpaired) electrons. The molecule has 6 heteroatoms. The Morgan fingerprint density at radius 2 is 1.91 bits per heavy atom. The van der Waals surface area contributed by atoms with Crippen LogP contribution in [0.3, 0.4) is 0 Å². The molecule has 6 nitrogen and oxygen atoms in total. The third-order valence-corrected chi connectivity index (χ3v) is 3.29. The molecule has 0 aliphatic rings. The Hall–Kier alpha value is -3.64. The maximum Gasteiger partial charge on any atom is 0.335 e. The average molecular weight is 288 g/mol. The van der Waals surface area contributed by atoms with E-state index in [0.717, 1.165) is 0 Å². The van der Waals surface area contributed by atoms with Crippen LogP contribution in [-0.2, 0) is 0 Å². The fourth-order valence-corrected chi connectivity index (χ4v) is 2.22. The maximum absolute atomic E-state index is 10.9. The highest BCUT2D eigenvalue weighted by atomic mass is 16.4. The van der Waals surface area contributed by atoms with E-state index in [2.05, 4.69) is 11.1 Å². The number of rotatable bonds is 2. The number of aromatic carboxylic acids is 1. The van der Waals surface area contributed by atoms with Gasteiger partial charge in [-0.3, -0.25) is 4.57 Å². The van der Waals surface area contributed by atoms with Crippen LogP contribution in [-0.4, -0.2) is 20.6 Å². The Morgan fingerprint density at radius 3 is 2.50 bits per heavy atom. The number of fused-ring (bicyclic) bond motifs is 1. The number of aromatic nitrogens is 2. The molecule has 2 heterocycles. The highest BCUT2D eigenvalue weighted by Crippen LogP contribution is 2.24. The van der Waals surface area contributed by atoms with E-state index in [1.165, 1.54) is 18.3 Å². The lowest BCUT2D eigenvalue weighted by Crippen LogP contribution is -1.98. The molecule has 104 valence electrons. The molecule has 0 saturated carbocycles. The van der Waals surface area contributed by atoms with E-state index in [-0.39, 0.29) is 5.56 Å². The molecule has 0 aliphatic carbocycles. The SMILES string of the molecule is N#Cc1cnc2c(c1)c(C#N)cn2-c1ccc(C(=O)O)cc1. The Balaban J connectivity index is 2.21. The van der Waals surface area contributed by atoms with Gasteiger partial charge >= 0.3 is 5.97 Å². The van der Waals surface area contributed by atoms with Gasteiger partial charge in [0.05, 0.1) is 16.7 Å². The van der Waals surface area contributed by atoms with Gasteiger partial charge in [-0.25, -0.2) is 9.78 Å². The van der Waals surface area contributed by atoms with Crippen molar-refractivity contribution >= 4 is 17.0 Å². The molecule has 0 atom stereocenters. The van der Waals surface area contributed by atoms with Gasteiger partial charge in [-0.05, 0) is 30.3 Å². The van der Waals surface area contributed by atoms with Gasteiger partial charge < -0.3 is 5.11 Å². The van der Waals surface area contributed by atoms with Crippen molar-refractivity contribution in [1.29, 1.82) is 10.5 Å². The summed E-state index contributed by atoms with van der Waals surface area (Å²) >= 11 is 0. The topological polar surface area (TPSA) is 103 Å². The summed E-state index contributed by atoms with van der Waals surface area (Å²) in [6, 6.07) is 11.9. The van der Waals surface area contributed by atoms with Gasteiger partial charge in [-0.2, -0.15) is 10.5 Å². The largest absolute Gasteiger partial charge is 0.478 e. The summed E-state index contributed by atoms with van der Waals surface area (Å²) in [5, 5.41) is 27.7. The van der Waals surface area contributed by atoms with Crippen LogP contribution in [0.4, 0.5) is 0 Å². The molecule has 0 amide bonds. The number of nitriles is 2. The molecule has 0 unspecified atom stereocenters. The summed E-state index contributed by atoms with van der Waals surface area (Å²) in [5.41, 5.74) is 2.19. The molecule has 0 aliphatic heterocycles. The van der Waals surface area contributed by atoms with Crippen LogP contribution in [0.2, 0.25) is 0 Å². The monoisotopic (exact) mass is 288 g/mol. The van der Waals surface area contributed by atoms with Crippen LogP contribution in [0.1, 0.15) is 21.5 Å². The smallest absolute Gasteiger partial charge is 0.335 e. The van der Waals surface area contributed by atoms with Gasteiger partial charge in [0.2, 0.25) is 0 Å². The zero-order chi connectivity index (χ0) is 15.7. The van der Waals surface area contributed by atoms with Crippen LogP contribution in [0.5, 0.6) is 0 Å². The standard InChI is InChI=1S/C16H8N4O2/c17-6-10-5-14-12(7-18)9-20(15(14)19-8-10)13-3-1-11(2-4-13)16(21)22/h1-5,8-9H,(H,21,22). The molecule has 2 aromatic heterocycles. The summed E-state index contributed by atoms with van der Waals surface area (Å²) in [6.07, 6.45) is 3.06. The third-order valence-electron chi connectivity index (χ3n) is 3.29. The normalized spacial score (nSPS) is 10.1. The summed E-state index contributed by atoms with van der Waals surface area (Å²) in [6.45, 7) is 0. The first-order valence-corrected chi connectivity index (χ1v) is 6.29. The molecule has 0 fully saturated rings. The fourth-order valence-electron chi connectivity index (χ4n) is 2.22. The average Bonchev–Trinajstić information content (AvgIpc) is 2.92. The fraction of sp³-hybridized carbons (Fsp3) is 0. The van der Waals surface area contributed by atoms with Gasteiger partial charge in [-0.15, -0.1) is 0 Å². The number of hydrogen-bond donors (Lipinski definition) is 1. The number of pyridine rings is 1. The quantitative estimate of drug-likeness (QED) is 0.780. The van der Waals surface area contributed by atoms with E-state index in [4.69, 9.17) is 10.4 Å². The molecule has 0 saturated heterocycles. The zero-order valence-corrected chi connectivity index (χ0v) is 11.2. The minimum absolute atomic E-state index is 0.181. The second-order valence-corrected chi connectivity index (χ2v) is 4.58. The number of carboxylic acids is 1. The minimum atomic E-state index is -1.00. The predicted octanol–water partition coefficient (Wildman–Crippen LogP) is 2.47. The van der Waals surface area contributed by atoms with E-state index >= 15 is 0 Å². The van der Waals surface area contributed by atoms with Crippen LogP contribution in [0, 0.1) is 22.7 Å². The van der Waals surface area contributed by atoms with Crippen molar-refractivity contribution in [3.8, 4) is 17.8 Å². The molecular weight excluding hydrogens is 280 g/mol. The van der Waals surface area contributed by atoms with Crippen molar-refractivity contribution in [2.24, 2.45) is 0 Å². The predicted molar refractivity (Wildman–Crippen MR) is 77.5 cm³/mol. The van der Waals surface area contributed by atoms with Gasteiger partial charge in [-0.1, -0.05) is 0 Å². The Labute approximate surface area is 125 Å². The van der Waals surface area contributed by atoms with E-state index in [1.807, 2.05) is 6.07 Å². The number of carbonyl (C=O) groups is 1. The Morgan fingerprint density at radius 1 is 1.18 bits per heavy atom. The second kappa shape index (κ2) is 5.04. The molecule has 3 rings (SSSR count). The maximum atomic E-state index is 10.9. The van der Waals surface area contributed by atoms with Crippen LogP contribution in [0.25, 0.3) is 16.7 Å². The lowest BCUT2D eigenvalue weighted by atomic mass is 10.2. The second-order valence-electron chi connectivity index (χ2n) is 4.58. The van der Waals surface area contributed by atoms with Crippen molar-refractivity contribution in [2.75, 3.05) is 0 Å². The molecule has 0 spiro atoms. The van der Waals surface area contributed by atoms with Gasteiger partial charge in [0.15, 0.2) is 0 Å². The van der Waals surface area contributed by atoms with Crippen LogP contribution >= 0.6 is 0 Å². The number of hydrogen-bond acceptors (Lipinski definition) is 4. The number of carboxylic acid groups (broad SMARTS) is 1. The lowest BCUT2D eigenvalue weighted by Gasteiger charge is -2.05. The lowest BCUT2D eigenvalue weighted by molar-refractivity contribution is 0.0697. The summed E-state index contributed by atoms with van der Waals surface area (Å²) < 4.78 is 1.70. The van der Waals surface area contributed by atoms with Crippen molar-refractivity contribution in [1.82, 2.24) is 9.55 Å². The van der Waals surface area contributed by atoms with Gasteiger partial charge in [0.25, 0.3) is 0 Å². The summed E-state index contributed by atoms with van der Waals surface area (Å²) in [7, 11) is 0. The van der Waals surface area contributed by atoms with Crippen molar-refractivity contribution in [3.05, 3.63) is 59.4 Å². The van der Waals surface area contributed by atoms with E-state index in [0.29, 0.717) is 27.8 Å². The Kier molecular flexibility index (Phi) is 3.06. The van der Waals surface area contributed by atoms with Crippen LogP contribution in [0.15, 0.2) is 42.7 Å². The zero-order valence-electron chi connectivity index (χ0n) is 11.2. The van der Waals surface area contributed by atoms with Crippen molar-refractivity contribution in [2.45, 2.75) is 0 Å². The molecular formula is C16H8N4O2. The first-order valence-electron chi connectivity index (χ1n) is 6.29. The number of nitrogens with zero attached hydrogens (tertiary/aromatic N) is 4. The first kappa shape index (κ1) is 13.3. The summed E-state index contributed by atoms with van der Waals surface area (Å²) in [4.78, 5) is 15.1. The molecule has 22 heavy (non-hydrogen) atoms. The third kappa shape index (κ3) is 2.05. The number of benzene rings is 1. The molecule has 3 aromatic rings. The molecule has 1 N–H and O–H groups in total. The summed E-state index contributed by atoms with van der Waals surface area (Å²) in [5.74, 6) is -1.00. The van der Waals surface area contributed by atoms with Gasteiger partial charge in [0.1, 0.15) is 17.8 Å². The van der Waals surface area contributed by atoms with Crippen molar-refractivity contribution in [3.63, 3.8) is 0 Å². The van der Waals surface area contributed by atoms with E-state index in [1.54, 1.807) is 29.0 Å². The highest BCUT2D eigenvalue weighted by molar-refractivity contribution is 5.88. The van der Waals surface area contributed by atoms with E-state index in [9.17, 15) is 10.1 Å². The molecule has 1 aromatic carbocycles. The highest BCUT2D eigenvalue weighted by Gasteiger charge is 2.12. The molecule has 0 bridgehead atoms. The van der Waals surface area contributed by atoms with Crippen LogP contribution < -0.4 is 0 Å². The van der Waals surface area contributed by atoms with Gasteiger partial charge in [0, 0.05) is 23.5 Å². The van der Waals surface area contributed by atoms with Crippen molar-refractivity contribution < 1.29 is 9.90 Å². The minimum Gasteiger partial charge on any atom is -0.478 e. The Bertz CT molecular complexity index is 972.